The molecule has 0 aromatic carbocycles. The molecule has 0 radical (unpaired) electrons. The molecule has 1 heterocycles. The van der Waals surface area contributed by atoms with Crippen LogP contribution in [0.5, 0.6) is 0 Å². The third-order valence-electron chi connectivity index (χ3n) is 2.02. The third-order valence-corrected chi connectivity index (χ3v) is 2.88. The molecular formula is C16H25N3O3S. The zero-order valence-corrected chi connectivity index (χ0v) is 15.1. The lowest BCUT2D eigenvalue weighted by molar-refractivity contribution is -0.119. The van der Waals surface area contributed by atoms with Gasteiger partial charge in [-0.15, -0.1) is 11.3 Å². The molecule has 1 rings (SSSR count). The Hall–Kier alpha value is -2.28. The van der Waals surface area contributed by atoms with Crippen LogP contribution in [0.25, 0.3) is 0 Å². The molecular weight excluding hydrogens is 314 g/mol. The van der Waals surface area contributed by atoms with Crippen LogP contribution in [-0.2, 0) is 11.2 Å². The Morgan fingerprint density at radius 3 is 2.48 bits per heavy atom. The van der Waals surface area contributed by atoms with Crippen LogP contribution in [0.3, 0.4) is 0 Å². The standard InChI is InChI=1S/C12H13N3O3S.2C2H6/c1-3-4-8(6-13-2)15-10(16)5-9-11(12(17)18)19-7-14-9;2*1-2/h3-4,6-7H,2,5H2,1H3,(H,15,16)(H,17,18);2*1-2H3/b4-3-,8-6+;;. The fourth-order valence-corrected chi connectivity index (χ4v) is 1.97. The molecule has 1 aromatic rings. The summed E-state index contributed by atoms with van der Waals surface area (Å²) in [7, 11) is 0. The van der Waals surface area contributed by atoms with Crippen molar-refractivity contribution in [2.24, 2.45) is 4.99 Å². The largest absolute Gasteiger partial charge is 0.477 e. The number of carbonyl (C=O) groups excluding carboxylic acids is 1. The number of carbonyl (C=O) groups is 2. The first-order valence-corrected chi connectivity index (χ1v) is 8.20. The van der Waals surface area contributed by atoms with Gasteiger partial charge in [-0.3, -0.25) is 9.79 Å². The minimum Gasteiger partial charge on any atom is -0.477 e. The highest BCUT2D eigenvalue weighted by atomic mass is 32.1. The Balaban J connectivity index is 0. The van der Waals surface area contributed by atoms with E-state index in [1.54, 1.807) is 19.1 Å². The molecule has 0 atom stereocenters. The Morgan fingerprint density at radius 2 is 2.00 bits per heavy atom. The summed E-state index contributed by atoms with van der Waals surface area (Å²) in [5.74, 6) is -1.44. The predicted molar refractivity (Wildman–Crippen MR) is 96.1 cm³/mol. The lowest BCUT2D eigenvalue weighted by Crippen LogP contribution is -2.24. The second-order valence-electron chi connectivity index (χ2n) is 3.43. The average molecular weight is 339 g/mol. The number of hydrogen-bond acceptors (Lipinski definition) is 5. The fraction of sp³-hybridized carbons (Fsp3) is 0.375. The van der Waals surface area contributed by atoms with E-state index in [1.165, 1.54) is 11.7 Å². The Morgan fingerprint density at radius 1 is 1.39 bits per heavy atom. The van der Waals surface area contributed by atoms with E-state index in [1.807, 2.05) is 27.7 Å². The van der Waals surface area contributed by atoms with Crippen molar-refractivity contribution in [3.05, 3.63) is 40.1 Å². The Labute approximate surface area is 141 Å². The minimum atomic E-state index is -1.08. The highest BCUT2D eigenvalue weighted by molar-refractivity contribution is 7.11. The monoisotopic (exact) mass is 339 g/mol. The maximum atomic E-state index is 11.8. The summed E-state index contributed by atoms with van der Waals surface area (Å²) in [6.07, 6.45) is 4.70. The van der Waals surface area contributed by atoms with E-state index < -0.39 is 5.97 Å². The minimum absolute atomic E-state index is 0.0774. The fourth-order valence-electron chi connectivity index (χ4n) is 1.32. The number of aromatic nitrogens is 1. The van der Waals surface area contributed by atoms with Gasteiger partial charge in [0.1, 0.15) is 4.88 Å². The van der Waals surface area contributed by atoms with E-state index in [0.29, 0.717) is 5.70 Å². The van der Waals surface area contributed by atoms with E-state index in [4.69, 9.17) is 5.11 Å². The summed E-state index contributed by atoms with van der Waals surface area (Å²) in [5, 5.41) is 11.5. The maximum absolute atomic E-state index is 11.8. The SMILES string of the molecule is C=N/C=C(\C=C/C)NC(=O)Cc1ncsc1C(=O)O.CC.CC. The number of hydrogen-bond donors (Lipinski definition) is 2. The third kappa shape index (κ3) is 9.36. The van der Waals surface area contributed by atoms with Gasteiger partial charge in [-0.05, 0) is 19.7 Å². The van der Waals surface area contributed by atoms with Gasteiger partial charge in [0.05, 0.1) is 23.3 Å². The molecule has 0 fully saturated rings. The molecule has 7 heteroatoms. The molecule has 0 aliphatic heterocycles. The van der Waals surface area contributed by atoms with Crippen LogP contribution in [0.4, 0.5) is 0 Å². The molecule has 0 spiro atoms. The molecule has 0 bridgehead atoms. The lowest BCUT2D eigenvalue weighted by atomic mass is 10.2. The number of aromatic carboxylic acids is 1. The molecule has 0 saturated carbocycles. The van der Waals surface area contributed by atoms with Gasteiger partial charge in [0, 0.05) is 6.20 Å². The summed E-state index contributed by atoms with van der Waals surface area (Å²) < 4.78 is 0. The number of aliphatic imine (C=N–C) groups is 1. The summed E-state index contributed by atoms with van der Waals surface area (Å²) in [6.45, 7) is 13.1. The summed E-state index contributed by atoms with van der Waals surface area (Å²) in [4.78, 5) is 30.2. The summed E-state index contributed by atoms with van der Waals surface area (Å²) >= 11 is 0.991. The molecule has 0 unspecified atom stereocenters. The molecule has 128 valence electrons. The first kappa shape index (κ1) is 23.0. The van der Waals surface area contributed by atoms with Gasteiger partial charge in [-0.2, -0.15) is 0 Å². The maximum Gasteiger partial charge on any atom is 0.347 e. The van der Waals surface area contributed by atoms with Gasteiger partial charge in [0.15, 0.2) is 0 Å². The second-order valence-corrected chi connectivity index (χ2v) is 4.28. The predicted octanol–water partition coefficient (Wildman–Crippen LogP) is 3.67. The van der Waals surface area contributed by atoms with Crippen LogP contribution in [-0.4, -0.2) is 28.7 Å². The molecule has 2 N–H and O–H groups in total. The Kier molecular flexibility index (Phi) is 14.6. The van der Waals surface area contributed by atoms with Crippen molar-refractivity contribution in [3.8, 4) is 0 Å². The summed E-state index contributed by atoms with van der Waals surface area (Å²) in [6, 6.07) is 0. The highest BCUT2D eigenvalue weighted by Crippen LogP contribution is 2.13. The molecule has 23 heavy (non-hydrogen) atoms. The molecule has 0 saturated heterocycles. The molecule has 0 aliphatic carbocycles. The first-order valence-electron chi connectivity index (χ1n) is 7.32. The first-order chi connectivity index (χ1) is 11.1. The van der Waals surface area contributed by atoms with Gasteiger partial charge < -0.3 is 10.4 Å². The summed E-state index contributed by atoms with van der Waals surface area (Å²) in [5.41, 5.74) is 2.14. The van der Waals surface area contributed by atoms with E-state index in [9.17, 15) is 9.59 Å². The van der Waals surface area contributed by atoms with Gasteiger partial charge in [-0.1, -0.05) is 33.8 Å². The number of carboxylic acid groups (broad SMARTS) is 1. The van der Waals surface area contributed by atoms with Crippen LogP contribution in [0.1, 0.15) is 50.0 Å². The van der Waals surface area contributed by atoms with Gasteiger partial charge in [-0.25, -0.2) is 9.78 Å². The average Bonchev–Trinajstić information content (AvgIpc) is 3.00. The number of thiazole rings is 1. The van der Waals surface area contributed by atoms with Crippen LogP contribution < -0.4 is 5.32 Å². The van der Waals surface area contributed by atoms with Crippen molar-refractivity contribution in [2.75, 3.05) is 0 Å². The molecule has 1 amide bonds. The van der Waals surface area contributed by atoms with Crippen molar-refractivity contribution in [1.29, 1.82) is 0 Å². The van der Waals surface area contributed by atoms with E-state index in [2.05, 4.69) is 22.0 Å². The van der Waals surface area contributed by atoms with Gasteiger partial charge in [0.25, 0.3) is 0 Å². The molecule has 1 aromatic heterocycles. The number of allylic oxidation sites excluding steroid dienone is 2. The van der Waals surface area contributed by atoms with E-state index >= 15 is 0 Å². The topological polar surface area (TPSA) is 91.7 Å². The van der Waals surface area contributed by atoms with Gasteiger partial charge in [0.2, 0.25) is 5.91 Å². The Bertz CT molecular complexity index is 549. The number of nitrogens with zero attached hydrogens (tertiary/aromatic N) is 2. The highest BCUT2D eigenvalue weighted by Gasteiger charge is 2.16. The lowest BCUT2D eigenvalue weighted by Gasteiger charge is -2.04. The molecule has 0 aliphatic rings. The van der Waals surface area contributed by atoms with Crippen LogP contribution in [0, 0.1) is 0 Å². The van der Waals surface area contributed by atoms with Crippen LogP contribution in [0.2, 0.25) is 0 Å². The van der Waals surface area contributed by atoms with Crippen molar-refractivity contribution in [2.45, 2.75) is 41.0 Å². The quantitative estimate of drug-likeness (QED) is 0.611. The van der Waals surface area contributed by atoms with Crippen LogP contribution >= 0.6 is 11.3 Å². The van der Waals surface area contributed by atoms with Crippen LogP contribution in [0.15, 0.2) is 34.6 Å². The number of nitrogens with one attached hydrogen (secondary N) is 1. The van der Waals surface area contributed by atoms with E-state index in [0.717, 1.165) is 11.3 Å². The van der Waals surface area contributed by atoms with Crippen molar-refractivity contribution >= 4 is 29.9 Å². The zero-order chi connectivity index (χ0) is 18.3. The normalized spacial score (nSPS) is 10.0. The second kappa shape index (κ2) is 14.6. The smallest absolute Gasteiger partial charge is 0.347 e. The van der Waals surface area contributed by atoms with E-state index in [-0.39, 0.29) is 22.9 Å². The number of carboxylic acids is 1. The molecule has 6 nitrogen and oxygen atoms in total. The van der Waals surface area contributed by atoms with Crippen molar-refractivity contribution < 1.29 is 14.7 Å². The zero-order valence-electron chi connectivity index (χ0n) is 14.3. The number of amides is 1. The van der Waals surface area contributed by atoms with Crippen molar-refractivity contribution in [3.63, 3.8) is 0 Å². The van der Waals surface area contributed by atoms with Crippen molar-refractivity contribution in [1.82, 2.24) is 10.3 Å². The number of rotatable bonds is 6. The van der Waals surface area contributed by atoms with Gasteiger partial charge >= 0.3 is 5.97 Å².